The van der Waals surface area contributed by atoms with E-state index in [4.69, 9.17) is 24.0 Å². The van der Waals surface area contributed by atoms with Gasteiger partial charge in [-0.25, -0.2) is 9.78 Å². The fraction of sp³-hybridized carbons (Fsp3) is 1.00. The van der Waals surface area contributed by atoms with Gasteiger partial charge in [-0.05, 0) is 39.0 Å². The van der Waals surface area contributed by atoms with E-state index >= 15 is 0 Å². The molecule has 1 saturated carbocycles. The van der Waals surface area contributed by atoms with E-state index in [1.807, 2.05) is 13.8 Å². The van der Waals surface area contributed by atoms with Crippen molar-refractivity contribution in [1.29, 1.82) is 0 Å². The summed E-state index contributed by atoms with van der Waals surface area (Å²) in [6, 6.07) is 0. The van der Waals surface area contributed by atoms with Crippen molar-refractivity contribution in [1.82, 2.24) is 0 Å². The molecule has 0 aromatic carbocycles. The highest BCUT2D eigenvalue weighted by molar-refractivity contribution is 5.09. The maximum atomic E-state index is 9.87. The molecule has 5 fully saturated rings. The van der Waals surface area contributed by atoms with E-state index in [-0.39, 0.29) is 36.6 Å². The van der Waals surface area contributed by atoms with Crippen LogP contribution in [-0.2, 0) is 24.0 Å². The van der Waals surface area contributed by atoms with Gasteiger partial charge in [-0.15, -0.1) is 0 Å². The van der Waals surface area contributed by atoms with Gasteiger partial charge >= 0.3 is 0 Å². The van der Waals surface area contributed by atoms with Gasteiger partial charge in [0.05, 0.1) is 0 Å². The number of hydrogen-bond acceptors (Lipinski definition) is 6. The van der Waals surface area contributed by atoms with Crippen molar-refractivity contribution in [3.63, 3.8) is 0 Å². The minimum atomic E-state index is -0.783. The summed E-state index contributed by atoms with van der Waals surface area (Å²) >= 11 is 0. The standard InChI is InChI=1S/C17H28O6/c1-4-19-14-10(2)12-6-5-11(9-18)13-7-8-16(3)21-15(20-14)17(12,13)23-22-16/h10-15,18H,4-9H2,1-3H3/t10-,11+,12+,13+,14+,15+,16-,17+/m1/s1. The van der Waals surface area contributed by atoms with E-state index < -0.39 is 17.7 Å². The fourth-order valence-electron chi connectivity index (χ4n) is 5.27. The molecule has 4 aliphatic heterocycles. The highest BCUT2D eigenvalue weighted by Crippen LogP contribution is 2.60. The Hall–Kier alpha value is -0.240. The average molecular weight is 328 g/mol. The average Bonchev–Trinajstić information content (AvgIpc) is 2.77. The zero-order valence-corrected chi connectivity index (χ0v) is 14.2. The van der Waals surface area contributed by atoms with E-state index in [1.54, 1.807) is 0 Å². The molecule has 1 spiro atoms. The molecule has 1 aliphatic carbocycles. The maximum Gasteiger partial charge on any atom is 0.201 e. The van der Waals surface area contributed by atoms with Crippen molar-refractivity contribution in [3.8, 4) is 0 Å². The summed E-state index contributed by atoms with van der Waals surface area (Å²) in [5.41, 5.74) is -0.630. The predicted molar refractivity (Wildman–Crippen MR) is 79.9 cm³/mol. The van der Waals surface area contributed by atoms with Crippen LogP contribution < -0.4 is 0 Å². The summed E-state index contributed by atoms with van der Waals surface area (Å²) in [4.78, 5) is 11.8. The molecule has 6 nitrogen and oxygen atoms in total. The van der Waals surface area contributed by atoms with Crippen molar-refractivity contribution in [2.24, 2.45) is 23.7 Å². The van der Waals surface area contributed by atoms with Gasteiger partial charge < -0.3 is 19.3 Å². The van der Waals surface area contributed by atoms with E-state index in [1.165, 1.54) is 0 Å². The molecule has 0 aromatic heterocycles. The Morgan fingerprint density at radius 2 is 2.00 bits per heavy atom. The molecule has 0 aromatic rings. The molecule has 5 aliphatic rings. The summed E-state index contributed by atoms with van der Waals surface area (Å²) in [5, 5.41) is 9.87. The van der Waals surface area contributed by atoms with Crippen LogP contribution in [0.2, 0.25) is 0 Å². The molecule has 4 heterocycles. The van der Waals surface area contributed by atoms with Gasteiger partial charge in [-0.2, -0.15) is 0 Å². The van der Waals surface area contributed by atoms with Crippen molar-refractivity contribution < 1.29 is 29.1 Å². The Kier molecular flexibility index (Phi) is 3.99. The first kappa shape index (κ1) is 16.2. The highest BCUT2D eigenvalue weighted by Gasteiger charge is 2.69. The minimum absolute atomic E-state index is 0.176. The summed E-state index contributed by atoms with van der Waals surface area (Å²) in [6.07, 6.45) is 2.86. The predicted octanol–water partition coefficient (Wildman–Crippen LogP) is 2.20. The Balaban J connectivity index is 1.75. The molecule has 23 heavy (non-hydrogen) atoms. The fourth-order valence-corrected chi connectivity index (χ4v) is 5.27. The van der Waals surface area contributed by atoms with Gasteiger partial charge in [-0.3, -0.25) is 0 Å². The van der Waals surface area contributed by atoms with Gasteiger partial charge in [0.15, 0.2) is 18.2 Å². The van der Waals surface area contributed by atoms with E-state index in [0.29, 0.717) is 6.61 Å². The van der Waals surface area contributed by atoms with Crippen LogP contribution in [0.4, 0.5) is 0 Å². The Bertz CT molecular complexity index is 454. The van der Waals surface area contributed by atoms with Crippen molar-refractivity contribution >= 4 is 0 Å². The molecule has 4 saturated heterocycles. The molecule has 0 radical (unpaired) electrons. The number of aliphatic hydroxyl groups excluding tert-OH is 1. The molecule has 6 heteroatoms. The maximum absolute atomic E-state index is 9.87. The number of ether oxygens (including phenoxy) is 3. The lowest BCUT2D eigenvalue weighted by Gasteiger charge is -2.60. The van der Waals surface area contributed by atoms with Crippen LogP contribution >= 0.6 is 0 Å². The molecular formula is C17H28O6. The molecule has 132 valence electrons. The van der Waals surface area contributed by atoms with E-state index in [9.17, 15) is 5.11 Å². The Morgan fingerprint density at radius 3 is 2.74 bits per heavy atom. The lowest BCUT2D eigenvalue weighted by atomic mass is 9.58. The molecule has 1 N–H and O–H groups in total. The normalized spacial score (nSPS) is 55.3. The SMILES string of the molecule is CCO[C@H]1O[C@H]2O[C@@]3(C)CC[C@H]4[C@H](CO)CC[C@@H]([C@H]1C)[C@@]24OO3. The van der Waals surface area contributed by atoms with Gasteiger partial charge in [0, 0.05) is 37.4 Å². The lowest BCUT2D eigenvalue weighted by molar-refractivity contribution is -0.577. The monoisotopic (exact) mass is 328 g/mol. The van der Waals surface area contributed by atoms with Gasteiger partial charge in [-0.1, -0.05) is 6.92 Å². The van der Waals surface area contributed by atoms with Crippen LogP contribution in [0.25, 0.3) is 0 Å². The zero-order chi connectivity index (χ0) is 16.2. The first-order valence-corrected chi connectivity index (χ1v) is 8.96. The number of hydrogen-bond donors (Lipinski definition) is 1. The topological polar surface area (TPSA) is 66.4 Å². The minimum Gasteiger partial charge on any atom is -0.396 e. The van der Waals surface area contributed by atoms with E-state index in [0.717, 1.165) is 25.7 Å². The number of aliphatic hydroxyl groups is 1. The second-order valence-electron chi connectivity index (χ2n) is 7.69. The molecular weight excluding hydrogens is 300 g/mol. The van der Waals surface area contributed by atoms with Gasteiger partial charge in [0.1, 0.15) is 0 Å². The largest absolute Gasteiger partial charge is 0.396 e. The van der Waals surface area contributed by atoms with Gasteiger partial charge in [0.2, 0.25) is 5.79 Å². The summed E-state index contributed by atoms with van der Waals surface area (Å²) in [7, 11) is 0. The third kappa shape index (κ3) is 2.23. The lowest BCUT2D eigenvalue weighted by Crippen LogP contribution is -2.70. The third-order valence-electron chi connectivity index (χ3n) is 6.46. The number of fused-ring (bicyclic) bond motifs is 2. The Labute approximate surface area is 137 Å². The first-order chi connectivity index (χ1) is 11.0. The summed E-state index contributed by atoms with van der Waals surface area (Å²) in [5.74, 6) is 0.0532. The quantitative estimate of drug-likeness (QED) is 0.801. The van der Waals surface area contributed by atoms with Crippen LogP contribution in [0.5, 0.6) is 0 Å². The molecule has 0 amide bonds. The zero-order valence-electron chi connectivity index (χ0n) is 14.2. The molecule has 8 atom stereocenters. The van der Waals surface area contributed by atoms with Crippen molar-refractivity contribution in [2.45, 2.75) is 70.4 Å². The highest BCUT2D eigenvalue weighted by atomic mass is 17.3. The van der Waals surface area contributed by atoms with Crippen LogP contribution in [0.3, 0.4) is 0 Å². The van der Waals surface area contributed by atoms with Gasteiger partial charge in [0.25, 0.3) is 0 Å². The number of rotatable bonds is 3. The third-order valence-corrected chi connectivity index (χ3v) is 6.46. The second-order valence-corrected chi connectivity index (χ2v) is 7.69. The summed E-state index contributed by atoms with van der Waals surface area (Å²) < 4.78 is 18.2. The Morgan fingerprint density at radius 1 is 1.17 bits per heavy atom. The molecule has 2 bridgehead atoms. The van der Waals surface area contributed by atoms with Crippen LogP contribution in [0.15, 0.2) is 0 Å². The molecule has 5 rings (SSSR count). The smallest absolute Gasteiger partial charge is 0.201 e. The van der Waals surface area contributed by atoms with Crippen molar-refractivity contribution in [3.05, 3.63) is 0 Å². The summed E-state index contributed by atoms with van der Waals surface area (Å²) in [6.45, 7) is 6.83. The van der Waals surface area contributed by atoms with Crippen LogP contribution in [0.1, 0.15) is 46.5 Å². The second kappa shape index (κ2) is 5.64. The molecule has 0 unspecified atom stereocenters. The van der Waals surface area contributed by atoms with Crippen molar-refractivity contribution in [2.75, 3.05) is 13.2 Å². The first-order valence-electron chi connectivity index (χ1n) is 8.96. The van der Waals surface area contributed by atoms with Crippen LogP contribution in [-0.4, -0.2) is 42.3 Å². The van der Waals surface area contributed by atoms with E-state index in [2.05, 4.69) is 6.92 Å². The van der Waals surface area contributed by atoms with Crippen LogP contribution in [0, 0.1) is 23.7 Å².